The van der Waals surface area contributed by atoms with Crippen LogP contribution in [-0.2, 0) is 20.8 Å². The first kappa shape index (κ1) is 26.9. The van der Waals surface area contributed by atoms with E-state index < -0.39 is 17.4 Å². The summed E-state index contributed by atoms with van der Waals surface area (Å²) < 4.78 is 49.9. The highest BCUT2D eigenvalue weighted by Crippen LogP contribution is 2.47. The van der Waals surface area contributed by atoms with Crippen molar-refractivity contribution in [3.8, 4) is 0 Å². The molecule has 6 rings (SSSR count). The van der Waals surface area contributed by atoms with Gasteiger partial charge in [-0.15, -0.1) is 5.10 Å². The van der Waals surface area contributed by atoms with Crippen LogP contribution in [0.5, 0.6) is 0 Å². The standard InChI is InChI=1S/C27H35F2N5O4S/c1-4-9-39-33-13-20(30-19-11-16(19)15-5-6-17(28)18(29)10-15)24-22(14-33)34(32-31-24)21-12-23(36-8-7-35)26-25(21)37-27(2,3)38-26/h5-6,10,13,16,19,21,23,25-26,30,35H,4,7-9,11-12,14H2,1-3H3/t16-,19+,21+,23-,25-,26+/m0/s1. The van der Waals surface area contributed by atoms with E-state index in [4.69, 9.17) is 14.2 Å². The molecule has 2 aliphatic heterocycles. The molecule has 2 aromatic rings. The van der Waals surface area contributed by atoms with E-state index in [1.807, 2.05) is 18.5 Å². The number of hydrogen-bond donors (Lipinski definition) is 2. The number of hydrogen-bond acceptors (Lipinski definition) is 9. The minimum atomic E-state index is -0.832. The quantitative estimate of drug-likeness (QED) is 0.420. The molecule has 9 nitrogen and oxygen atoms in total. The van der Waals surface area contributed by atoms with Crippen molar-refractivity contribution < 1.29 is 28.1 Å². The number of nitrogens with one attached hydrogen (secondary N) is 1. The number of rotatable bonds is 10. The van der Waals surface area contributed by atoms with E-state index in [2.05, 4.69) is 33.1 Å². The van der Waals surface area contributed by atoms with Crippen molar-refractivity contribution in [1.29, 1.82) is 0 Å². The predicted octanol–water partition coefficient (Wildman–Crippen LogP) is 3.72. The van der Waals surface area contributed by atoms with Crippen molar-refractivity contribution in [2.75, 3.05) is 19.0 Å². The molecule has 2 N–H and O–H groups in total. The molecule has 212 valence electrons. The maximum Gasteiger partial charge on any atom is 0.164 e. The van der Waals surface area contributed by atoms with E-state index >= 15 is 0 Å². The second-order valence-corrected chi connectivity index (χ2v) is 12.2. The average molecular weight is 564 g/mol. The number of nitrogens with zero attached hydrogens (tertiary/aromatic N) is 4. The molecule has 3 fully saturated rings. The van der Waals surface area contributed by atoms with E-state index in [-0.39, 0.29) is 49.5 Å². The first-order chi connectivity index (χ1) is 18.8. The Morgan fingerprint density at radius 2 is 2.03 bits per heavy atom. The molecule has 39 heavy (non-hydrogen) atoms. The predicted molar refractivity (Wildman–Crippen MR) is 141 cm³/mol. The smallest absolute Gasteiger partial charge is 0.164 e. The van der Waals surface area contributed by atoms with E-state index in [9.17, 15) is 13.9 Å². The Balaban J connectivity index is 1.25. The summed E-state index contributed by atoms with van der Waals surface area (Å²) in [6.45, 7) is 6.76. The number of aromatic nitrogens is 3. The van der Waals surface area contributed by atoms with E-state index in [0.29, 0.717) is 13.0 Å². The molecule has 0 unspecified atom stereocenters. The molecule has 2 saturated carbocycles. The zero-order valence-electron chi connectivity index (χ0n) is 22.3. The van der Waals surface area contributed by atoms with Gasteiger partial charge in [-0.25, -0.2) is 13.5 Å². The summed E-state index contributed by atoms with van der Waals surface area (Å²) >= 11 is 1.75. The molecule has 3 heterocycles. The highest BCUT2D eigenvalue weighted by Gasteiger charge is 2.56. The lowest BCUT2D eigenvalue weighted by molar-refractivity contribution is -0.171. The summed E-state index contributed by atoms with van der Waals surface area (Å²) in [4.78, 5) is 0. The van der Waals surface area contributed by atoms with Gasteiger partial charge in [0.2, 0.25) is 0 Å². The van der Waals surface area contributed by atoms with Crippen molar-refractivity contribution in [3.63, 3.8) is 0 Å². The third-order valence-electron chi connectivity index (χ3n) is 7.71. The van der Waals surface area contributed by atoms with Gasteiger partial charge < -0.3 is 28.9 Å². The maximum atomic E-state index is 13.8. The summed E-state index contributed by atoms with van der Waals surface area (Å²) in [6, 6.07) is 4.09. The minimum absolute atomic E-state index is 0.0579. The number of benzene rings is 1. The van der Waals surface area contributed by atoms with Crippen LogP contribution in [0.3, 0.4) is 0 Å². The molecule has 1 aromatic heterocycles. The lowest BCUT2D eigenvalue weighted by Gasteiger charge is -2.28. The molecule has 0 amide bonds. The van der Waals surface area contributed by atoms with Crippen molar-refractivity contribution in [1.82, 2.24) is 24.6 Å². The van der Waals surface area contributed by atoms with Gasteiger partial charge in [0, 0.05) is 30.3 Å². The Kier molecular flexibility index (Phi) is 7.34. The minimum Gasteiger partial charge on any atom is -0.394 e. The number of ether oxygens (including phenoxy) is 3. The Morgan fingerprint density at radius 3 is 2.79 bits per heavy atom. The molecular weight excluding hydrogens is 528 g/mol. The summed E-state index contributed by atoms with van der Waals surface area (Å²) in [7, 11) is 0. The van der Waals surface area contributed by atoms with Gasteiger partial charge in [0.25, 0.3) is 0 Å². The monoisotopic (exact) mass is 563 g/mol. The fraction of sp³-hybridized carbons (Fsp3) is 0.630. The van der Waals surface area contributed by atoms with Crippen molar-refractivity contribution >= 4 is 17.6 Å². The normalized spacial score (nSPS) is 30.7. The van der Waals surface area contributed by atoms with E-state index in [0.717, 1.165) is 41.2 Å². The largest absolute Gasteiger partial charge is 0.394 e. The van der Waals surface area contributed by atoms with Crippen LogP contribution in [0.25, 0.3) is 5.70 Å². The molecule has 4 aliphatic rings. The summed E-state index contributed by atoms with van der Waals surface area (Å²) in [6.07, 6.45) is 3.84. The Labute approximate surface area is 231 Å². The van der Waals surface area contributed by atoms with Gasteiger partial charge in [0.05, 0.1) is 43.3 Å². The maximum absolute atomic E-state index is 13.8. The highest BCUT2D eigenvalue weighted by molar-refractivity contribution is 7.97. The molecule has 2 aliphatic carbocycles. The SMILES string of the molecule is CCCSN1C=C(N[C@@H]2C[C@H]2c2ccc(F)c(F)c2)c2nnn([C@@H]3C[C@H](OCCO)[C@H]4OC(C)(C)O[C@H]43)c2C1. The van der Waals surface area contributed by atoms with Crippen LogP contribution in [0.2, 0.25) is 0 Å². The van der Waals surface area contributed by atoms with Crippen LogP contribution in [0.15, 0.2) is 24.4 Å². The molecule has 0 bridgehead atoms. The second kappa shape index (κ2) is 10.6. The molecule has 6 atom stereocenters. The van der Waals surface area contributed by atoms with E-state index in [1.54, 1.807) is 18.0 Å². The molecule has 0 radical (unpaired) electrons. The zero-order chi connectivity index (χ0) is 27.3. The summed E-state index contributed by atoms with van der Waals surface area (Å²) in [5.41, 5.74) is 3.42. The molecule has 12 heteroatoms. The van der Waals surface area contributed by atoms with Gasteiger partial charge in [-0.2, -0.15) is 0 Å². The Morgan fingerprint density at radius 1 is 1.21 bits per heavy atom. The first-order valence-electron chi connectivity index (χ1n) is 13.6. The van der Waals surface area contributed by atoms with Crippen LogP contribution in [0.4, 0.5) is 8.78 Å². The van der Waals surface area contributed by atoms with Gasteiger partial charge in [-0.3, -0.25) is 0 Å². The highest BCUT2D eigenvalue weighted by atomic mass is 32.2. The second-order valence-electron chi connectivity index (χ2n) is 11.0. The molecule has 0 spiro atoms. The zero-order valence-corrected chi connectivity index (χ0v) is 23.2. The number of fused-ring (bicyclic) bond motifs is 2. The fourth-order valence-electron chi connectivity index (χ4n) is 5.91. The van der Waals surface area contributed by atoms with Gasteiger partial charge in [-0.1, -0.05) is 18.2 Å². The summed E-state index contributed by atoms with van der Waals surface area (Å²) in [5, 5.41) is 22.1. The van der Waals surface area contributed by atoms with Crippen LogP contribution in [0, 0.1) is 11.6 Å². The number of aliphatic hydroxyl groups is 1. The Bertz CT molecular complexity index is 1240. The lowest BCUT2D eigenvalue weighted by atomic mass is 10.1. The van der Waals surface area contributed by atoms with Gasteiger partial charge in [0.15, 0.2) is 17.4 Å². The molecular formula is C27H35F2N5O4S. The molecule has 1 aromatic carbocycles. The lowest BCUT2D eigenvalue weighted by Crippen LogP contribution is -2.32. The summed E-state index contributed by atoms with van der Waals surface area (Å²) in [5.74, 6) is -1.32. The third-order valence-corrected chi connectivity index (χ3v) is 8.87. The third kappa shape index (κ3) is 5.29. The fourth-order valence-corrected chi connectivity index (χ4v) is 6.72. The van der Waals surface area contributed by atoms with Crippen LogP contribution >= 0.6 is 11.9 Å². The van der Waals surface area contributed by atoms with Crippen molar-refractivity contribution in [2.24, 2.45) is 0 Å². The average Bonchev–Trinajstić information content (AvgIpc) is 3.24. The number of halogens is 2. The number of aliphatic hydroxyl groups excluding tert-OH is 1. The van der Waals surface area contributed by atoms with Crippen molar-refractivity contribution in [3.05, 3.63) is 53.0 Å². The van der Waals surface area contributed by atoms with Crippen LogP contribution < -0.4 is 5.32 Å². The topological polar surface area (TPSA) is 93.9 Å². The molecule has 1 saturated heterocycles. The Hall–Kier alpha value is -2.25. The van der Waals surface area contributed by atoms with E-state index in [1.165, 1.54) is 12.1 Å². The van der Waals surface area contributed by atoms with Crippen LogP contribution in [0.1, 0.15) is 68.9 Å². The van der Waals surface area contributed by atoms with Gasteiger partial charge >= 0.3 is 0 Å². The van der Waals surface area contributed by atoms with Gasteiger partial charge in [-0.05, 0) is 56.3 Å². The van der Waals surface area contributed by atoms with Crippen LogP contribution in [-0.4, -0.2) is 73.5 Å². The first-order valence-corrected chi connectivity index (χ1v) is 14.6. The van der Waals surface area contributed by atoms with Gasteiger partial charge in [0.1, 0.15) is 17.9 Å². The van der Waals surface area contributed by atoms with Crippen molar-refractivity contribution in [2.45, 2.75) is 88.7 Å².